The summed E-state index contributed by atoms with van der Waals surface area (Å²) in [6.07, 6.45) is 7.83. The largest absolute Gasteiger partial charge is 0.326 e. The predicted molar refractivity (Wildman–Crippen MR) is 139 cm³/mol. The molecule has 0 heterocycles. The van der Waals surface area contributed by atoms with E-state index >= 15 is 0 Å². The molecule has 3 rings (SSSR count). The summed E-state index contributed by atoms with van der Waals surface area (Å²) in [4.78, 5) is 24.6. The Balaban J connectivity index is 1.54. The molecule has 0 radical (unpaired) electrons. The number of hydrazone groups is 1. The standard InChI is InChI=1S/C29H33N3O2/c1-2-3-4-5-12-17-28(33)31-26-20-18-25(19-21-26)29(34)32-30-22-27(23-13-8-6-9-14-23)24-15-10-7-11-16-24/h6-11,13-16,18-22,27H,2-5,12,17H2,1H3,(H,31,33)(H,32,34)/b30-22+. The second-order valence-electron chi connectivity index (χ2n) is 8.31. The van der Waals surface area contributed by atoms with Gasteiger partial charge in [0.15, 0.2) is 0 Å². The van der Waals surface area contributed by atoms with E-state index in [4.69, 9.17) is 0 Å². The Morgan fingerprint density at radius 2 is 1.38 bits per heavy atom. The zero-order chi connectivity index (χ0) is 24.0. The van der Waals surface area contributed by atoms with E-state index in [2.05, 4.69) is 22.8 Å². The highest BCUT2D eigenvalue weighted by atomic mass is 16.2. The highest BCUT2D eigenvalue weighted by Gasteiger charge is 2.12. The second-order valence-corrected chi connectivity index (χ2v) is 8.31. The molecule has 2 N–H and O–H groups in total. The predicted octanol–water partition coefficient (Wildman–Crippen LogP) is 6.53. The van der Waals surface area contributed by atoms with Crippen molar-refractivity contribution in [1.29, 1.82) is 0 Å². The molecule has 3 aromatic rings. The first kappa shape index (κ1) is 24.9. The van der Waals surface area contributed by atoms with Gasteiger partial charge in [-0.1, -0.05) is 93.3 Å². The molecular weight excluding hydrogens is 422 g/mol. The summed E-state index contributed by atoms with van der Waals surface area (Å²) in [6.45, 7) is 2.18. The van der Waals surface area contributed by atoms with E-state index < -0.39 is 0 Å². The monoisotopic (exact) mass is 455 g/mol. The molecule has 0 spiro atoms. The molecular formula is C29H33N3O2. The molecule has 0 atom stereocenters. The van der Waals surface area contributed by atoms with Gasteiger partial charge < -0.3 is 5.32 Å². The third-order valence-corrected chi connectivity index (χ3v) is 5.65. The first-order chi connectivity index (χ1) is 16.7. The van der Waals surface area contributed by atoms with Gasteiger partial charge in [0.2, 0.25) is 5.91 Å². The van der Waals surface area contributed by atoms with Crippen LogP contribution >= 0.6 is 0 Å². The molecule has 0 aliphatic carbocycles. The van der Waals surface area contributed by atoms with E-state index in [0.717, 1.165) is 24.0 Å². The van der Waals surface area contributed by atoms with Crippen molar-refractivity contribution < 1.29 is 9.59 Å². The average molecular weight is 456 g/mol. The molecule has 0 aliphatic heterocycles. The lowest BCUT2D eigenvalue weighted by Crippen LogP contribution is -2.18. The maximum Gasteiger partial charge on any atom is 0.271 e. The van der Waals surface area contributed by atoms with Crippen molar-refractivity contribution in [1.82, 2.24) is 5.43 Å². The van der Waals surface area contributed by atoms with Gasteiger partial charge in [0.25, 0.3) is 5.91 Å². The van der Waals surface area contributed by atoms with Crippen LogP contribution in [0.3, 0.4) is 0 Å². The van der Waals surface area contributed by atoms with Crippen LogP contribution in [0.15, 0.2) is 90.0 Å². The Labute approximate surface area is 202 Å². The van der Waals surface area contributed by atoms with Gasteiger partial charge in [-0.15, -0.1) is 0 Å². The molecule has 0 bridgehead atoms. The fourth-order valence-corrected chi connectivity index (χ4v) is 3.74. The molecule has 0 aliphatic rings. The molecule has 34 heavy (non-hydrogen) atoms. The number of nitrogens with zero attached hydrogens (tertiary/aromatic N) is 1. The van der Waals surface area contributed by atoms with Crippen LogP contribution in [-0.2, 0) is 4.79 Å². The molecule has 0 saturated heterocycles. The van der Waals surface area contributed by atoms with Gasteiger partial charge in [0.05, 0.1) is 0 Å². The van der Waals surface area contributed by atoms with Gasteiger partial charge >= 0.3 is 0 Å². The Morgan fingerprint density at radius 3 is 1.97 bits per heavy atom. The van der Waals surface area contributed by atoms with Crippen LogP contribution in [0.25, 0.3) is 0 Å². The lowest BCUT2D eigenvalue weighted by atomic mass is 9.92. The van der Waals surface area contributed by atoms with Crippen LogP contribution in [0, 0.1) is 0 Å². The Bertz CT molecular complexity index is 1010. The van der Waals surface area contributed by atoms with Crippen molar-refractivity contribution in [3.63, 3.8) is 0 Å². The summed E-state index contributed by atoms with van der Waals surface area (Å²) in [6, 6.07) is 27.0. The van der Waals surface area contributed by atoms with Gasteiger partial charge in [-0.2, -0.15) is 5.10 Å². The number of unbranched alkanes of at least 4 members (excludes halogenated alkanes) is 4. The van der Waals surface area contributed by atoms with Gasteiger partial charge in [-0.05, 0) is 41.8 Å². The van der Waals surface area contributed by atoms with Crippen LogP contribution in [0.1, 0.15) is 72.9 Å². The quantitative estimate of drug-likeness (QED) is 0.185. The Kier molecular flexibility index (Phi) is 10.1. The topological polar surface area (TPSA) is 70.6 Å². The van der Waals surface area contributed by atoms with Crippen LogP contribution in [0.5, 0.6) is 0 Å². The highest BCUT2D eigenvalue weighted by Crippen LogP contribution is 2.22. The summed E-state index contributed by atoms with van der Waals surface area (Å²) < 4.78 is 0. The van der Waals surface area contributed by atoms with E-state index in [1.54, 1.807) is 30.5 Å². The first-order valence-electron chi connectivity index (χ1n) is 12.0. The zero-order valence-corrected chi connectivity index (χ0v) is 19.7. The van der Waals surface area contributed by atoms with Crippen molar-refractivity contribution in [3.8, 4) is 0 Å². The number of benzene rings is 3. The molecule has 176 valence electrons. The lowest BCUT2D eigenvalue weighted by Gasteiger charge is -2.13. The van der Waals surface area contributed by atoms with Crippen LogP contribution in [0.2, 0.25) is 0 Å². The molecule has 0 aromatic heterocycles. The number of carbonyl (C=O) groups excluding carboxylic acids is 2. The molecule has 3 aromatic carbocycles. The van der Waals surface area contributed by atoms with Gasteiger partial charge in [-0.25, -0.2) is 5.43 Å². The molecule has 0 unspecified atom stereocenters. The maximum atomic E-state index is 12.5. The summed E-state index contributed by atoms with van der Waals surface area (Å²) in [7, 11) is 0. The Morgan fingerprint density at radius 1 is 0.794 bits per heavy atom. The zero-order valence-electron chi connectivity index (χ0n) is 19.7. The SMILES string of the molecule is CCCCCCCC(=O)Nc1ccc(C(=O)N/N=C/C(c2ccccc2)c2ccccc2)cc1. The number of amides is 2. The van der Waals surface area contributed by atoms with Crippen molar-refractivity contribution >= 4 is 23.7 Å². The smallest absolute Gasteiger partial charge is 0.271 e. The van der Waals surface area contributed by atoms with Crippen LogP contribution in [-0.4, -0.2) is 18.0 Å². The minimum Gasteiger partial charge on any atom is -0.326 e. The number of hydrogen-bond acceptors (Lipinski definition) is 3. The minimum atomic E-state index is -0.301. The Hall–Kier alpha value is -3.73. The fraction of sp³-hybridized carbons (Fsp3) is 0.276. The molecule has 5 heteroatoms. The summed E-state index contributed by atoms with van der Waals surface area (Å²) in [5, 5.41) is 7.13. The second kappa shape index (κ2) is 13.7. The first-order valence-corrected chi connectivity index (χ1v) is 12.0. The molecule has 0 fully saturated rings. The van der Waals surface area contributed by atoms with Crippen molar-refractivity contribution in [2.45, 2.75) is 51.4 Å². The van der Waals surface area contributed by atoms with E-state index in [9.17, 15) is 9.59 Å². The third kappa shape index (κ3) is 8.00. The minimum absolute atomic E-state index is 0.00571. The number of carbonyl (C=O) groups is 2. The molecule has 0 saturated carbocycles. The van der Waals surface area contributed by atoms with E-state index in [1.807, 2.05) is 60.7 Å². The van der Waals surface area contributed by atoms with Crippen LogP contribution < -0.4 is 10.7 Å². The average Bonchev–Trinajstić information content (AvgIpc) is 2.88. The molecule has 2 amide bonds. The van der Waals surface area contributed by atoms with E-state index in [0.29, 0.717) is 17.7 Å². The molecule has 5 nitrogen and oxygen atoms in total. The van der Waals surface area contributed by atoms with Gasteiger partial charge in [0, 0.05) is 29.8 Å². The normalized spacial score (nSPS) is 11.0. The third-order valence-electron chi connectivity index (χ3n) is 5.65. The van der Waals surface area contributed by atoms with E-state index in [1.165, 1.54) is 19.3 Å². The van der Waals surface area contributed by atoms with Gasteiger partial charge in [0.1, 0.15) is 0 Å². The summed E-state index contributed by atoms with van der Waals surface area (Å²) >= 11 is 0. The fourth-order valence-electron chi connectivity index (χ4n) is 3.74. The highest BCUT2D eigenvalue weighted by molar-refractivity contribution is 5.96. The maximum absolute atomic E-state index is 12.5. The number of hydrogen-bond donors (Lipinski definition) is 2. The summed E-state index contributed by atoms with van der Waals surface area (Å²) in [5.74, 6) is -0.363. The van der Waals surface area contributed by atoms with Crippen molar-refractivity contribution in [3.05, 3.63) is 102 Å². The van der Waals surface area contributed by atoms with E-state index in [-0.39, 0.29) is 17.7 Å². The number of nitrogens with one attached hydrogen (secondary N) is 2. The lowest BCUT2D eigenvalue weighted by molar-refractivity contribution is -0.116. The van der Waals surface area contributed by atoms with Crippen molar-refractivity contribution in [2.24, 2.45) is 5.10 Å². The number of rotatable bonds is 12. The van der Waals surface area contributed by atoms with Crippen LogP contribution in [0.4, 0.5) is 5.69 Å². The summed E-state index contributed by atoms with van der Waals surface area (Å²) in [5.41, 5.74) is 5.97. The van der Waals surface area contributed by atoms with Crippen molar-refractivity contribution in [2.75, 3.05) is 5.32 Å². The van der Waals surface area contributed by atoms with Gasteiger partial charge in [-0.3, -0.25) is 9.59 Å². The number of anilines is 1.